The van der Waals surface area contributed by atoms with Crippen LogP contribution in [0.15, 0.2) is 16.8 Å². The van der Waals surface area contributed by atoms with Crippen molar-refractivity contribution < 1.29 is 9.32 Å². The maximum atomic E-state index is 11.2. The standard InChI is InChI=1S/C8H13N3O2/c1-8(2,3)11-7(12)10-6-4-5-9-13-6/h4-5H,1-3H3,(H2,10,11,12). The summed E-state index contributed by atoms with van der Waals surface area (Å²) in [4.78, 5) is 11.2. The van der Waals surface area contributed by atoms with E-state index in [1.54, 1.807) is 6.07 Å². The van der Waals surface area contributed by atoms with E-state index in [0.29, 0.717) is 5.88 Å². The van der Waals surface area contributed by atoms with Gasteiger partial charge in [0.1, 0.15) is 0 Å². The van der Waals surface area contributed by atoms with Crippen LogP contribution < -0.4 is 10.6 Å². The van der Waals surface area contributed by atoms with Crippen molar-refractivity contribution in [1.29, 1.82) is 0 Å². The highest BCUT2D eigenvalue weighted by atomic mass is 16.5. The third-order valence-corrected chi connectivity index (χ3v) is 1.16. The Labute approximate surface area is 76.5 Å². The van der Waals surface area contributed by atoms with Gasteiger partial charge >= 0.3 is 6.03 Å². The number of aromatic nitrogens is 1. The van der Waals surface area contributed by atoms with Crippen LogP contribution in [0.3, 0.4) is 0 Å². The lowest BCUT2D eigenvalue weighted by Crippen LogP contribution is -2.43. The minimum atomic E-state index is -0.302. The number of urea groups is 1. The van der Waals surface area contributed by atoms with Crippen molar-refractivity contribution in [2.45, 2.75) is 26.3 Å². The molecule has 5 nitrogen and oxygen atoms in total. The Kier molecular flexibility index (Phi) is 2.55. The van der Waals surface area contributed by atoms with E-state index in [2.05, 4.69) is 15.8 Å². The van der Waals surface area contributed by atoms with Crippen molar-refractivity contribution in [3.8, 4) is 0 Å². The topological polar surface area (TPSA) is 67.2 Å². The van der Waals surface area contributed by atoms with Crippen molar-refractivity contribution in [3.05, 3.63) is 12.3 Å². The molecule has 0 atom stereocenters. The lowest BCUT2D eigenvalue weighted by atomic mass is 10.1. The van der Waals surface area contributed by atoms with Crippen LogP contribution in [0.2, 0.25) is 0 Å². The predicted molar refractivity (Wildman–Crippen MR) is 48.4 cm³/mol. The number of rotatable bonds is 1. The summed E-state index contributed by atoms with van der Waals surface area (Å²) in [7, 11) is 0. The molecule has 1 aromatic rings. The molecule has 0 saturated heterocycles. The average Bonchev–Trinajstić information content (AvgIpc) is 2.34. The van der Waals surface area contributed by atoms with Crippen LogP contribution in [-0.2, 0) is 0 Å². The molecule has 0 aliphatic heterocycles. The molecule has 0 aromatic carbocycles. The molecule has 13 heavy (non-hydrogen) atoms. The molecule has 0 unspecified atom stereocenters. The summed E-state index contributed by atoms with van der Waals surface area (Å²) in [5, 5.41) is 8.67. The van der Waals surface area contributed by atoms with E-state index in [9.17, 15) is 4.79 Å². The quantitative estimate of drug-likeness (QED) is 0.694. The summed E-state index contributed by atoms with van der Waals surface area (Å²) in [6.07, 6.45) is 1.46. The Bertz CT molecular complexity index is 274. The first-order valence-electron chi connectivity index (χ1n) is 3.97. The highest BCUT2D eigenvalue weighted by molar-refractivity contribution is 5.88. The van der Waals surface area contributed by atoms with Crippen molar-refractivity contribution in [1.82, 2.24) is 10.5 Å². The molecule has 0 bridgehead atoms. The fourth-order valence-electron chi connectivity index (χ4n) is 0.764. The number of hydrogen-bond acceptors (Lipinski definition) is 3. The number of amides is 2. The van der Waals surface area contributed by atoms with Crippen LogP contribution in [-0.4, -0.2) is 16.7 Å². The molecule has 0 spiro atoms. The molecular weight excluding hydrogens is 170 g/mol. The van der Waals surface area contributed by atoms with Gasteiger partial charge < -0.3 is 9.84 Å². The van der Waals surface area contributed by atoms with Crippen LogP contribution in [0.1, 0.15) is 20.8 Å². The first-order valence-corrected chi connectivity index (χ1v) is 3.97. The number of carbonyl (C=O) groups is 1. The molecule has 0 radical (unpaired) electrons. The molecule has 5 heteroatoms. The Morgan fingerprint density at radius 3 is 2.69 bits per heavy atom. The molecule has 0 saturated carbocycles. The third-order valence-electron chi connectivity index (χ3n) is 1.16. The zero-order chi connectivity index (χ0) is 9.90. The lowest BCUT2D eigenvalue weighted by Gasteiger charge is -2.19. The molecule has 0 fully saturated rings. The Balaban J connectivity index is 2.43. The van der Waals surface area contributed by atoms with Gasteiger partial charge in [-0.15, -0.1) is 0 Å². The van der Waals surface area contributed by atoms with Gasteiger partial charge in [-0.25, -0.2) is 4.79 Å². The molecule has 0 aliphatic carbocycles. The van der Waals surface area contributed by atoms with Gasteiger partial charge in [-0.2, -0.15) is 0 Å². The second-order valence-electron chi connectivity index (χ2n) is 3.71. The minimum Gasteiger partial charge on any atom is -0.338 e. The van der Waals surface area contributed by atoms with Gasteiger partial charge in [-0.1, -0.05) is 5.16 Å². The maximum Gasteiger partial charge on any atom is 0.322 e. The number of hydrogen-bond donors (Lipinski definition) is 2. The summed E-state index contributed by atoms with van der Waals surface area (Å²) in [6, 6.07) is 1.27. The maximum absolute atomic E-state index is 11.2. The zero-order valence-corrected chi connectivity index (χ0v) is 7.92. The summed E-state index contributed by atoms with van der Waals surface area (Å²) in [5.74, 6) is 0.335. The van der Waals surface area contributed by atoms with E-state index >= 15 is 0 Å². The highest BCUT2D eigenvalue weighted by Gasteiger charge is 2.14. The molecule has 1 aromatic heterocycles. The first kappa shape index (κ1) is 9.57. The fraction of sp³-hybridized carbons (Fsp3) is 0.500. The second kappa shape index (κ2) is 3.47. The molecule has 72 valence electrons. The largest absolute Gasteiger partial charge is 0.338 e. The van der Waals surface area contributed by atoms with E-state index in [4.69, 9.17) is 4.52 Å². The average molecular weight is 183 g/mol. The van der Waals surface area contributed by atoms with E-state index in [0.717, 1.165) is 0 Å². The summed E-state index contributed by atoms with van der Waals surface area (Å²) < 4.78 is 4.70. The van der Waals surface area contributed by atoms with Gasteiger partial charge in [-0.3, -0.25) is 5.32 Å². The lowest BCUT2D eigenvalue weighted by molar-refractivity contribution is 0.243. The number of anilines is 1. The van der Waals surface area contributed by atoms with Crippen LogP contribution in [0.5, 0.6) is 0 Å². The minimum absolute atomic E-state index is 0.260. The SMILES string of the molecule is CC(C)(C)NC(=O)Nc1ccno1. The van der Waals surface area contributed by atoms with Crippen LogP contribution in [0, 0.1) is 0 Å². The number of carbonyl (C=O) groups excluding carboxylic acids is 1. The monoisotopic (exact) mass is 183 g/mol. The van der Waals surface area contributed by atoms with Crippen molar-refractivity contribution in [3.63, 3.8) is 0 Å². The molecule has 2 N–H and O–H groups in total. The summed E-state index contributed by atoms with van der Waals surface area (Å²) in [6.45, 7) is 5.69. The fourth-order valence-corrected chi connectivity index (χ4v) is 0.764. The van der Waals surface area contributed by atoms with E-state index < -0.39 is 0 Å². The Morgan fingerprint density at radius 2 is 2.23 bits per heavy atom. The van der Waals surface area contributed by atoms with Crippen LogP contribution >= 0.6 is 0 Å². The van der Waals surface area contributed by atoms with Crippen molar-refractivity contribution in [2.75, 3.05) is 5.32 Å². The number of nitrogens with zero attached hydrogens (tertiary/aromatic N) is 1. The molecule has 1 heterocycles. The zero-order valence-electron chi connectivity index (χ0n) is 7.92. The van der Waals surface area contributed by atoms with Gasteiger partial charge in [0.05, 0.1) is 6.20 Å². The normalized spacial score (nSPS) is 11.0. The van der Waals surface area contributed by atoms with E-state index in [1.165, 1.54) is 6.20 Å². The van der Waals surface area contributed by atoms with Gasteiger partial charge in [0.2, 0.25) is 5.88 Å². The smallest absolute Gasteiger partial charge is 0.322 e. The van der Waals surface area contributed by atoms with Gasteiger partial charge in [0, 0.05) is 11.6 Å². The molecule has 0 aliphatic rings. The van der Waals surface area contributed by atoms with E-state index in [1.807, 2.05) is 20.8 Å². The summed E-state index contributed by atoms with van der Waals surface area (Å²) >= 11 is 0. The van der Waals surface area contributed by atoms with Gasteiger partial charge in [-0.05, 0) is 20.8 Å². The summed E-state index contributed by atoms with van der Waals surface area (Å²) in [5.41, 5.74) is -0.260. The van der Waals surface area contributed by atoms with Gasteiger partial charge in [0.25, 0.3) is 0 Å². The predicted octanol–water partition coefficient (Wildman–Crippen LogP) is 1.59. The Morgan fingerprint density at radius 1 is 1.54 bits per heavy atom. The molecule has 1 rings (SSSR count). The van der Waals surface area contributed by atoms with Crippen molar-refractivity contribution in [2.24, 2.45) is 0 Å². The van der Waals surface area contributed by atoms with Gasteiger partial charge in [0.15, 0.2) is 0 Å². The van der Waals surface area contributed by atoms with Crippen LogP contribution in [0.25, 0.3) is 0 Å². The highest BCUT2D eigenvalue weighted by Crippen LogP contribution is 2.04. The Hall–Kier alpha value is -1.52. The van der Waals surface area contributed by atoms with Crippen molar-refractivity contribution >= 4 is 11.9 Å². The van der Waals surface area contributed by atoms with E-state index in [-0.39, 0.29) is 11.6 Å². The molecular formula is C8H13N3O2. The number of nitrogens with one attached hydrogen (secondary N) is 2. The third kappa shape index (κ3) is 3.59. The van der Waals surface area contributed by atoms with Crippen LogP contribution in [0.4, 0.5) is 10.7 Å². The second-order valence-corrected chi connectivity index (χ2v) is 3.71. The molecule has 2 amide bonds. The first-order chi connectivity index (χ1) is 5.97.